The van der Waals surface area contributed by atoms with Gasteiger partial charge in [0.15, 0.2) is 11.5 Å². The van der Waals surface area contributed by atoms with Crippen LogP contribution in [0, 0.1) is 13.8 Å². The van der Waals surface area contributed by atoms with Crippen molar-refractivity contribution >= 4 is 29.5 Å². The van der Waals surface area contributed by atoms with Gasteiger partial charge < -0.3 is 14.0 Å². The molecule has 0 aliphatic heterocycles. The lowest BCUT2D eigenvalue weighted by Gasteiger charge is -2.12. The zero-order valence-corrected chi connectivity index (χ0v) is 16.5. The molecule has 4 nitrogen and oxygen atoms in total. The molecule has 0 saturated carbocycles. The van der Waals surface area contributed by atoms with Crippen molar-refractivity contribution in [3.05, 3.63) is 59.4 Å². The molecule has 0 N–H and O–H groups in total. The molecule has 0 bridgehead atoms. The summed E-state index contributed by atoms with van der Waals surface area (Å²) in [5.41, 5.74) is 5.80. The van der Waals surface area contributed by atoms with Gasteiger partial charge in [-0.25, -0.2) is 4.98 Å². The number of hydrogen-bond donors (Lipinski definition) is 0. The van der Waals surface area contributed by atoms with Gasteiger partial charge in [-0.3, -0.25) is 0 Å². The number of rotatable bonds is 6. The van der Waals surface area contributed by atoms with Crippen LogP contribution < -0.4 is 9.47 Å². The fourth-order valence-electron chi connectivity index (χ4n) is 2.84. The summed E-state index contributed by atoms with van der Waals surface area (Å²) in [7, 11) is 1.66. The predicted octanol–water partition coefficient (Wildman–Crippen LogP) is 5.20. The van der Waals surface area contributed by atoms with Crippen LogP contribution in [0.2, 0.25) is 0 Å². The molecule has 3 rings (SSSR count). The third-order valence-corrected chi connectivity index (χ3v) is 4.37. The lowest BCUT2D eigenvalue weighted by atomic mass is 10.1. The van der Waals surface area contributed by atoms with Gasteiger partial charge in [-0.1, -0.05) is 18.2 Å². The molecular weight excluding hydrogens is 348 g/mol. The van der Waals surface area contributed by atoms with E-state index in [4.69, 9.17) is 9.47 Å². The molecule has 26 heavy (non-hydrogen) atoms. The van der Waals surface area contributed by atoms with E-state index in [-0.39, 0.29) is 12.4 Å². The van der Waals surface area contributed by atoms with Crippen molar-refractivity contribution in [1.29, 1.82) is 0 Å². The van der Waals surface area contributed by atoms with Gasteiger partial charge in [0, 0.05) is 0 Å². The molecule has 0 spiro atoms. The van der Waals surface area contributed by atoms with Crippen molar-refractivity contribution in [3.8, 4) is 11.5 Å². The van der Waals surface area contributed by atoms with E-state index in [2.05, 4.69) is 35.5 Å². The summed E-state index contributed by atoms with van der Waals surface area (Å²) in [5.74, 6) is 1.50. The summed E-state index contributed by atoms with van der Waals surface area (Å²) < 4.78 is 13.5. The largest absolute Gasteiger partial charge is 0.493 e. The van der Waals surface area contributed by atoms with Crippen molar-refractivity contribution in [2.75, 3.05) is 13.7 Å². The Labute approximate surface area is 160 Å². The van der Waals surface area contributed by atoms with Crippen LogP contribution in [-0.2, 0) is 6.54 Å². The lowest BCUT2D eigenvalue weighted by Crippen LogP contribution is -2.08. The molecule has 0 unspecified atom stereocenters. The number of aromatic nitrogens is 2. The Bertz CT molecular complexity index is 916. The zero-order chi connectivity index (χ0) is 17.8. The minimum atomic E-state index is 0. The van der Waals surface area contributed by atoms with E-state index in [1.54, 1.807) is 7.11 Å². The van der Waals surface area contributed by atoms with E-state index < -0.39 is 0 Å². The topological polar surface area (TPSA) is 36.3 Å². The first-order chi connectivity index (χ1) is 12.1. The smallest absolute Gasteiger partial charge is 0.161 e. The molecule has 0 aliphatic rings. The van der Waals surface area contributed by atoms with E-state index in [9.17, 15) is 0 Å². The molecule has 0 atom stereocenters. The second-order valence-electron chi connectivity index (χ2n) is 6.12. The number of allylic oxidation sites excluding steroid dienone is 1. The zero-order valence-electron chi connectivity index (χ0n) is 15.7. The molecule has 5 heteroatoms. The van der Waals surface area contributed by atoms with Crippen molar-refractivity contribution in [2.45, 2.75) is 27.3 Å². The maximum absolute atomic E-state index is 5.94. The Kier molecular flexibility index (Phi) is 6.70. The summed E-state index contributed by atoms with van der Waals surface area (Å²) >= 11 is 0. The summed E-state index contributed by atoms with van der Waals surface area (Å²) in [4.78, 5) is 4.49. The van der Waals surface area contributed by atoms with E-state index >= 15 is 0 Å². The first-order valence-electron chi connectivity index (χ1n) is 8.48. The first-order valence-corrected chi connectivity index (χ1v) is 8.48. The van der Waals surface area contributed by atoms with Gasteiger partial charge in [0.2, 0.25) is 0 Å². The molecule has 0 aliphatic carbocycles. The van der Waals surface area contributed by atoms with Crippen LogP contribution in [-0.4, -0.2) is 23.3 Å². The second kappa shape index (κ2) is 8.77. The van der Waals surface area contributed by atoms with Crippen LogP contribution in [0.5, 0.6) is 11.5 Å². The van der Waals surface area contributed by atoms with Crippen molar-refractivity contribution < 1.29 is 9.47 Å². The second-order valence-corrected chi connectivity index (χ2v) is 6.12. The minimum absolute atomic E-state index is 0. The quantitative estimate of drug-likeness (QED) is 0.597. The molecule has 3 aromatic rings. The third-order valence-electron chi connectivity index (χ3n) is 4.37. The molecule has 0 radical (unpaired) electrons. The van der Waals surface area contributed by atoms with Crippen LogP contribution in [0.3, 0.4) is 0 Å². The van der Waals surface area contributed by atoms with Crippen molar-refractivity contribution in [1.82, 2.24) is 9.55 Å². The van der Waals surface area contributed by atoms with E-state index in [0.717, 1.165) is 34.6 Å². The highest BCUT2D eigenvalue weighted by molar-refractivity contribution is 5.85. The summed E-state index contributed by atoms with van der Waals surface area (Å²) in [6.07, 6.45) is 5.91. The molecule has 1 heterocycles. The summed E-state index contributed by atoms with van der Waals surface area (Å²) in [6.45, 7) is 7.52. The average Bonchev–Trinajstić information content (AvgIpc) is 2.98. The monoisotopic (exact) mass is 372 g/mol. The van der Waals surface area contributed by atoms with Crippen LogP contribution >= 0.6 is 12.4 Å². The van der Waals surface area contributed by atoms with Crippen molar-refractivity contribution in [3.63, 3.8) is 0 Å². The number of nitrogens with zero attached hydrogens (tertiary/aromatic N) is 2. The number of benzene rings is 2. The number of ether oxygens (including phenoxy) is 2. The van der Waals surface area contributed by atoms with Gasteiger partial charge in [-0.2, -0.15) is 0 Å². The number of halogens is 1. The molecule has 0 fully saturated rings. The number of fused-ring (bicyclic) bond motifs is 1. The van der Waals surface area contributed by atoms with Crippen molar-refractivity contribution in [2.24, 2.45) is 0 Å². The van der Waals surface area contributed by atoms with Gasteiger partial charge in [-0.05, 0) is 61.7 Å². The molecule has 1 aromatic heterocycles. The molecule has 0 amide bonds. The predicted molar refractivity (Wildman–Crippen MR) is 110 cm³/mol. The Hall–Kier alpha value is -2.46. The highest BCUT2D eigenvalue weighted by atomic mass is 35.5. The normalized spacial score (nSPS) is 10.9. The standard InChI is InChI=1S/C21H24N2O2.ClH/c1-5-6-17-7-8-20(21(13-17)24-4)25-10-9-23-14-22-18-11-15(2)16(3)12-19(18)23;/h5-8,11-14H,9-10H2,1-4H3;1H/b6-5+;. The van der Waals surface area contributed by atoms with E-state index in [0.29, 0.717) is 6.61 Å². The van der Waals surface area contributed by atoms with Crippen LogP contribution in [0.1, 0.15) is 23.6 Å². The maximum Gasteiger partial charge on any atom is 0.161 e. The Morgan fingerprint density at radius 3 is 2.58 bits per heavy atom. The first kappa shape index (κ1) is 19.9. The number of imidazole rings is 1. The number of methoxy groups -OCH3 is 1. The lowest BCUT2D eigenvalue weighted by molar-refractivity contribution is 0.281. The molecule has 2 aromatic carbocycles. The van der Waals surface area contributed by atoms with Gasteiger partial charge in [0.1, 0.15) is 6.61 Å². The Balaban J connectivity index is 0.00000243. The highest BCUT2D eigenvalue weighted by Gasteiger charge is 2.07. The summed E-state index contributed by atoms with van der Waals surface area (Å²) in [6, 6.07) is 10.3. The van der Waals surface area contributed by atoms with Crippen LogP contribution in [0.25, 0.3) is 17.1 Å². The number of aryl methyl sites for hydroxylation is 2. The molecule has 138 valence electrons. The third kappa shape index (κ3) is 4.20. The van der Waals surface area contributed by atoms with Crippen LogP contribution in [0.4, 0.5) is 0 Å². The molecular formula is C21H25ClN2O2. The van der Waals surface area contributed by atoms with Gasteiger partial charge in [-0.15, -0.1) is 12.4 Å². The van der Waals surface area contributed by atoms with Crippen LogP contribution in [0.15, 0.2) is 42.7 Å². The Morgan fingerprint density at radius 1 is 1.08 bits per heavy atom. The number of hydrogen-bond acceptors (Lipinski definition) is 3. The van der Waals surface area contributed by atoms with Gasteiger partial charge in [0.25, 0.3) is 0 Å². The fourth-order valence-corrected chi connectivity index (χ4v) is 2.84. The molecule has 0 saturated heterocycles. The SMILES string of the molecule is C/C=C/c1ccc(OCCn2cnc3cc(C)c(C)cc32)c(OC)c1.Cl. The fraction of sp³-hybridized carbons (Fsp3) is 0.286. The van der Waals surface area contributed by atoms with E-state index in [1.807, 2.05) is 43.6 Å². The van der Waals surface area contributed by atoms with E-state index in [1.165, 1.54) is 11.1 Å². The minimum Gasteiger partial charge on any atom is -0.493 e. The van der Waals surface area contributed by atoms with Gasteiger partial charge >= 0.3 is 0 Å². The Morgan fingerprint density at radius 2 is 1.85 bits per heavy atom. The maximum atomic E-state index is 5.94. The van der Waals surface area contributed by atoms with Gasteiger partial charge in [0.05, 0.1) is 31.0 Å². The highest BCUT2D eigenvalue weighted by Crippen LogP contribution is 2.28. The summed E-state index contributed by atoms with van der Waals surface area (Å²) in [5, 5.41) is 0. The average molecular weight is 373 g/mol.